The largest absolute Gasteiger partial charge is 0.482 e. The predicted molar refractivity (Wildman–Crippen MR) is 52.4 cm³/mol. The fourth-order valence-electron chi connectivity index (χ4n) is 1.44. The average Bonchev–Trinajstić information content (AvgIpc) is 2.13. The first-order chi connectivity index (χ1) is 7.28. The van der Waals surface area contributed by atoms with Gasteiger partial charge in [0, 0.05) is 6.20 Å². The number of fused-ring (bicyclic) bond motifs is 1. The van der Waals surface area contributed by atoms with E-state index in [4.69, 9.17) is 4.74 Å². The van der Waals surface area contributed by atoms with Gasteiger partial charge >= 0.3 is 6.18 Å². The lowest BCUT2D eigenvalue weighted by molar-refractivity contribution is -0.138. The summed E-state index contributed by atoms with van der Waals surface area (Å²) >= 11 is 0. The molecule has 88 valence electrons. The second-order valence-corrected chi connectivity index (χ2v) is 4.28. The molecule has 0 bridgehead atoms. The highest BCUT2D eigenvalue weighted by Crippen LogP contribution is 2.36. The summed E-state index contributed by atoms with van der Waals surface area (Å²) in [5, 5.41) is 2.93. The van der Waals surface area contributed by atoms with Crippen molar-refractivity contribution in [3.8, 4) is 5.75 Å². The predicted octanol–water partition coefficient (Wildman–Crippen LogP) is 2.68. The molecule has 0 spiro atoms. The summed E-state index contributed by atoms with van der Waals surface area (Å²) in [5.74, 6) is 0.499. The molecule has 0 saturated carbocycles. The normalized spacial score (nSPS) is 18.3. The zero-order valence-electron chi connectivity index (χ0n) is 8.85. The van der Waals surface area contributed by atoms with Crippen LogP contribution in [0.15, 0.2) is 12.3 Å². The van der Waals surface area contributed by atoms with E-state index in [9.17, 15) is 13.2 Å². The van der Waals surface area contributed by atoms with E-state index >= 15 is 0 Å². The van der Waals surface area contributed by atoms with E-state index in [0.717, 1.165) is 12.3 Å². The molecule has 1 aromatic heterocycles. The Labute approximate surface area is 90.6 Å². The SMILES string of the molecule is CC1(C)CNc2ncc(C(F)(F)F)cc2O1. The molecule has 16 heavy (non-hydrogen) atoms. The summed E-state index contributed by atoms with van der Waals surface area (Å²) in [6.45, 7) is 4.10. The van der Waals surface area contributed by atoms with E-state index in [0.29, 0.717) is 12.4 Å². The summed E-state index contributed by atoms with van der Waals surface area (Å²) in [6.07, 6.45) is -3.60. The molecular formula is C10H11F3N2O. The van der Waals surface area contributed by atoms with Gasteiger partial charge in [0.2, 0.25) is 0 Å². The van der Waals surface area contributed by atoms with Gasteiger partial charge in [-0.1, -0.05) is 0 Å². The van der Waals surface area contributed by atoms with E-state index in [1.807, 2.05) is 0 Å². The van der Waals surface area contributed by atoms with Gasteiger partial charge in [-0.25, -0.2) is 4.98 Å². The van der Waals surface area contributed by atoms with Gasteiger partial charge in [-0.05, 0) is 19.9 Å². The van der Waals surface area contributed by atoms with Crippen LogP contribution in [-0.4, -0.2) is 17.1 Å². The van der Waals surface area contributed by atoms with Crippen molar-refractivity contribution in [3.63, 3.8) is 0 Å². The molecule has 0 aliphatic carbocycles. The van der Waals surface area contributed by atoms with Crippen molar-refractivity contribution in [1.82, 2.24) is 4.98 Å². The van der Waals surface area contributed by atoms with E-state index in [2.05, 4.69) is 10.3 Å². The fourth-order valence-corrected chi connectivity index (χ4v) is 1.44. The second kappa shape index (κ2) is 3.26. The maximum Gasteiger partial charge on any atom is 0.418 e. The Bertz CT molecular complexity index is 415. The maximum absolute atomic E-state index is 12.4. The lowest BCUT2D eigenvalue weighted by atomic mass is 10.1. The van der Waals surface area contributed by atoms with Crippen LogP contribution in [0, 0.1) is 0 Å². The first kappa shape index (κ1) is 11.0. The molecule has 0 radical (unpaired) electrons. The molecule has 0 aromatic carbocycles. The molecule has 0 atom stereocenters. The van der Waals surface area contributed by atoms with Crippen LogP contribution in [0.1, 0.15) is 19.4 Å². The Morgan fingerprint density at radius 2 is 2.12 bits per heavy atom. The number of hydrogen-bond donors (Lipinski definition) is 1. The zero-order valence-corrected chi connectivity index (χ0v) is 8.85. The first-order valence-electron chi connectivity index (χ1n) is 4.78. The highest BCUT2D eigenvalue weighted by atomic mass is 19.4. The van der Waals surface area contributed by atoms with Gasteiger partial charge in [0.25, 0.3) is 0 Å². The van der Waals surface area contributed by atoms with Gasteiger partial charge in [0.05, 0.1) is 12.1 Å². The minimum atomic E-state index is -4.40. The molecule has 2 rings (SSSR count). The fraction of sp³-hybridized carbons (Fsp3) is 0.500. The number of halogens is 3. The molecule has 0 saturated heterocycles. The molecule has 0 unspecified atom stereocenters. The van der Waals surface area contributed by atoms with Gasteiger partial charge in [-0.2, -0.15) is 13.2 Å². The Morgan fingerprint density at radius 1 is 1.44 bits per heavy atom. The van der Waals surface area contributed by atoms with E-state index in [1.54, 1.807) is 13.8 Å². The van der Waals surface area contributed by atoms with Crippen LogP contribution < -0.4 is 10.1 Å². The van der Waals surface area contributed by atoms with Gasteiger partial charge in [0.1, 0.15) is 5.60 Å². The number of nitrogens with one attached hydrogen (secondary N) is 1. The Balaban J connectivity index is 2.39. The molecule has 1 N–H and O–H groups in total. The Kier molecular flexibility index (Phi) is 2.25. The van der Waals surface area contributed by atoms with Crippen LogP contribution in [-0.2, 0) is 6.18 Å². The minimum Gasteiger partial charge on any atom is -0.482 e. The monoisotopic (exact) mass is 232 g/mol. The number of pyridine rings is 1. The Hall–Kier alpha value is -1.46. The van der Waals surface area contributed by atoms with E-state index in [1.165, 1.54) is 0 Å². The summed E-state index contributed by atoms with van der Waals surface area (Å²) < 4.78 is 42.7. The number of nitrogens with zero attached hydrogens (tertiary/aromatic N) is 1. The summed E-state index contributed by atoms with van der Waals surface area (Å²) in [7, 11) is 0. The van der Waals surface area contributed by atoms with Crippen molar-refractivity contribution < 1.29 is 17.9 Å². The topological polar surface area (TPSA) is 34.2 Å². The number of rotatable bonds is 0. The van der Waals surface area contributed by atoms with Crippen LogP contribution >= 0.6 is 0 Å². The molecule has 3 nitrogen and oxygen atoms in total. The molecular weight excluding hydrogens is 221 g/mol. The number of hydrogen-bond acceptors (Lipinski definition) is 3. The average molecular weight is 232 g/mol. The molecule has 1 aromatic rings. The molecule has 2 heterocycles. The number of anilines is 1. The van der Waals surface area contributed by atoms with Crippen molar-refractivity contribution >= 4 is 5.82 Å². The van der Waals surface area contributed by atoms with Crippen molar-refractivity contribution in [1.29, 1.82) is 0 Å². The quantitative estimate of drug-likeness (QED) is 0.746. The van der Waals surface area contributed by atoms with Crippen molar-refractivity contribution in [3.05, 3.63) is 17.8 Å². The maximum atomic E-state index is 12.4. The smallest absolute Gasteiger partial charge is 0.418 e. The number of ether oxygens (including phenoxy) is 1. The zero-order chi connectivity index (χ0) is 12.0. The molecule has 0 fully saturated rings. The van der Waals surface area contributed by atoms with Crippen molar-refractivity contribution in [2.75, 3.05) is 11.9 Å². The standard InChI is InChI=1S/C10H11F3N2O/c1-9(2)5-15-8-7(16-9)3-6(4-14-8)10(11,12)13/h3-4H,5H2,1-2H3,(H,14,15). The van der Waals surface area contributed by atoms with Crippen LogP contribution in [0.2, 0.25) is 0 Å². The first-order valence-corrected chi connectivity index (χ1v) is 4.78. The molecule has 1 aliphatic rings. The van der Waals surface area contributed by atoms with Gasteiger partial charge in [-0.15, -0.1) is 0 Å². The van der Waals surface area contributed by atoms with Gasteiger partial charge in [-0.3, -0.25) is 0 Å². The lowest BCUT2D eigenvalue weighted by Gasteiger charge is -2.32. The van der Waals surface area contributed by atoms with Crippen LogP contribution in [0.5, 0.6) is 5.75 Å². The highest BCUT2D eigenvalue weighted by molar-refractivity contribution is 5.53. The summed E-state index contributed by atoms with van der Waals surface area (Å²) in [4.78, 5) is 3.70. The highest BCUT2D eigenvalue weighted by Gasteiger charge is 2.34. The van der Waals surface area contributed by atoms with Crippen LogP contribution in [0.25, 0.3) is 0 Å². The Morgan fingerprint density at radius 3 is 2.75 bits per heavy atom. The number of aromatic nitrogens is 1. The van der Waals surface area contributed by atoms with E-state index < -0.39 is 17.3 Å². The van der Waals surface area contributed by atoms with Crippen molar-refractivity contribution in [2.45, 2.75) is 25.6 Å². The molecule has 0 amide bonds. The van der Waals surface area contributed by atoms with Gasteiger partial charge in [0.15, 0.2) is 11.6 Å². The number of alkyl halides is 3. The van der Waals surface area contributed by atoms with Crippen LogP contribution in [0.4, 0.5) is 19.0 Å². The van der Waals surface area contributed by atoms with E-state index in [-0.39, 0.29) is 5.75 Å². The second-order valence-electron chi connectivity index (χ2n) is 4.28. The van der Waals surface area contributed by atoms with Crippen LogP contribution in [0.3, 0.4) is 0 Å². The summed E-state index contributed by atoms with van der Waals surface area (Å²) in [5.41, 5.74) is -1.33. The minimum absolute atomic E-state index is 0.145. The third-order valence-electron chi connectivity index (χ3n) is 2.25. The lowest BCUT2D eigenvalue weighted by Crippen LogP contribution is -2.40. The van der Waals surface area contributed by atoms with Gasteiger partial charge < -0.3 is 10.1 Å². The molecule has 1 aliphatic heterocycles. The third kappa shape index (κ3) is 2.05. The summed E-state index contributed by atoms with van der Waals surface area (Å²) in [6, 6.07) is 0.968. The van der Waals surface area contributed by atoms with Crippen molar-refractivity contribution in [2.24, 2.45) is 0 Å². The third-order valence-corrected chi connectivity index (χ3v) is 2.25. The molecule has 6 heteroatoms.